The fourth-order valence-electron chi connectivity index (χ4n) is 2.41. The SMILES string of the molecule is O=C(CN1CCC(C(=O)O)C(C(=O)O)C1)NC1CC1. The number of carbonyl (C=O) groups is 3. The zero-order valence-corrected chi connectivity index (χ0v) is 10.5. The summed E-state index contributed by atoms with van der Waals surface area (Å²) in [6.45, 7) is 0.704. The third kappa shape index (κ3) is 3.66. The molecule has 1 aliphatic heterocycles. The van der Waals surface area contributed by atoms with E-state index in [0.717, 1.165) is 12.8 Å². The normalized spacial score (nSPS) is 27.8. The second kappa shape index (κ2) is 5.56. The van der Waals surface area contributed by atoms with Crippen LogP contribution in [-0.4, -0.2) is 58.6 Å². The Morgan fingerprint density at radius 2 is 1.68 bits per heavy atom. The number of piperidine rings is 1. The summed E-state index contributed by atoms with van der Waals surface area (Å²) in [6.07, 6.45) is 2.28. The Labute approximate surface area is 110 Å². The molecule has 0 aromatic heterocycles. The first-order valence-corrected chi connectivity index (χ1v) is 6.44. The molecule has 1 saturated carbocycles. The first-order valence-electron chi connectivity index (χ1n) is 6.44. The maximum atomic E-state index is 11.6. The molecule has 7 nitrogen and oxygen atoms in total. The second-order valence-electron chi connectivity index (χ2n) is 5.26. The maximum Gasteiger partial charge on any atom is 0.308 e. The number of nitrogens with one attached hydrogen (secondary N) is 1. The molecule has 2 aliphatic rings. The Kier molecular flexibility index (Phi) is 4.04. The van der Waals surface area contributed by atoms with Crippen LogP contribution in [0.25, 0.3) is 0 Å². The van der Waals surface area contributed by atoms with Crippen molar-refractivity contribution in [3.8, 4) is 0 Å². The number of carboxylic acid groups (broad SMARTS) is 2. The lowest BCUT2D eigenvalue weighted by Crippen LogP contribution is -2.49. The first kappa shape index (κ1) is 13.8. The number of likely N-dealkylation sites (tertiary alicyclic amines) is 1. The fourth-order valence-corrected chi connectivity index (χ4v) is 2.41. The molecule has 1 heterocycles. The van der Waals surface area contributed by atoms with Crippen LogP contribution in [0.15, 0.2) is 0 Å². The maximum absolute atomic E-state index is 11.6. The molecule has 2 fully saturated rings. The highest BCUT2D eigenvalue weighted by atomic mass is 16.4. The van der Waals surface area contributed by atoms with Gasteiger partial charge in [0.05, 0.1) is 18.4 Å². The van der Waals surface area contributed by atoms with E-state index < -0.39 is 23.8 Å². The number of carboxylic acids is 2. The van der Waals surface area contributed by atoms with Crippen molar-refractivity contribution in [1.29, 1.82) is 0 Å². The number of carbonyl (C=O) groups excluding carboxylic acids is 1. The van der Waals surface area contributed by atoms with Gasteiger partial charge in [-0.3, -0.25) is 19.3 Å². The molecule has 0 aromatic rings. The summed E-state index contributed by atoms with van der Waals surface area (Å²) in [5.41, 5.74) is 0. The van der Waals surface area contributed by atoms with Gasteiger partial charge in [0.15, 0.2) is 0 Å². The fraction of sp³-hybridized carbons (Fsp3) is 0.750. The van der Waals surface area contributed by atoms with Gasteiger partial charge in [-0.25, -0.2) is 0 Å². The highest BCUT2D eigenvalue weighted by Gasteiger charge is 2.39. The van der Waals surface area contributed by atoms with Crippen molar-refractivity contribution in [1.82, 2.24) is 10.2 Å². The summed E-state index contributed by atoms with van der Waals surface area (Å²) in [6, 6.07) is 0.277. The molecule has 2 unspecified atom stereocenters. The van der Waals surface area contributed by atoms with E-state index >= 15 is 0 Å². The Balaban J connectivity index is 1.88. The molecule has 19 heavy (non-hydrogen) atoms. The summed E-state index contributed by atoms with van der Waals surface area (Å²) in [7, 11) is 0. The largest absolute Gasteiger partial charge is 0.481 e. The third-order valence-electron chi connectivity index (χ3n) is 3.64. The van der Waals surface area contributed by atoms with Crippen molar-refractivity contribution in [2.24, 2.45) is 11.8 Å². The minimum absolute atomic E-state index is 0.111. The minimum Gasteiger partial charge on any atom is -0.481 e. The van der Waals surface area contributed by atoms with Crippen LogP contribution >= 0.6 is 0 Å². The van der Waals surface area contributed by atoms with E-state index in [0.29, 0.717) is 6.54 Å². The number of nitrogens with zero attached hydrogens (tertiary/aromatic N) is 1. The van der Waals surface area contributed by atoms with Gasteiger partial charge >= 0.3 is 11.9 Å². The van der Waals surface area contributed by atoms with E-state index in [1.54, 1.807) is 4.90 Å². The molecule has 3 N–H and O–H groups in total. The molecule has 0 aromatic carbocycles. The molecule has 0 spiro atoms. The van der Waals surface area contributed by atoms with Crippen LogP contribution in [0.4, 0.5) is 0 Å². The highest BCUT2D eigenvalue weighted by Crippen LogP contribution is 2.24. The van der Waals surface area contributed by atoms with Crippen LogP contribution in [0.5, 0.6) is 0 Å². The predicted molar refractivity (Wildman–Crippen MR) is 64.5 cm³/mol. The smallest absolute Gasteiger partial charge is 0.308 e. The van der Waals surface area contributed by atoms with Crippen molar-refractivity contribution < 1.29 is 24.6 Å². The minimum atomic E-state index is -1.11. The first-order chi connectivity index (χ1) is 8.97. The van der Waals surface area contributed by atoms with Gasteiger partial charge in [0.2, 0.25) is 5.91 Å². The van der Waals surface area contributed by atoms with E-state index in [4.69, 9.17) is 10.2 Å². The van der Waals surface area contributed by atoms with Gasteiger partial charge in [-0.05, 0) is 25.8 Å². The lowest BCUT2D eigenvalue weighted by atomic mass is 9.85. The van der Waals surface area contributed by atoms with Gasteiger partial charge in [0.1, 0.15) is 0 Å². The lowest BCUT2D eigenvalue weighted by Gasteiger charge is -2.34. The van der Waals surface area contributed by atoms with E-state index in [-0.39, 0.29) is 31.5 Å². The summed E-state index contributed by atoms with van der Waals surface area (Å²) in [4.78, 5) is 35.4. The molecule has 2 atom stereocenters. The Bertz CT molecular complexity index is 394. The van der Waals surface area contributed by atoms with Crippen molar-refractivity contribution >= 4 is 17.8 Å². The van der Waals surface area contributed by atoms with Crippen molar-refractivity contribution in [2.75, 3.05) is 19.6 Å². The number of hydrogen-bond donors (Lipinski definition) is 3. The Hall–Kier alpha value is -1.63. The van der Waals surface area contributed by atoms with Crippen molar-refractivity contribution in [3.05, 3.63) is 0 Å². The molecule has 1 amide bonds. The molecule has 106 valence electrons. The summed E-state index contributed by atoms with van der Waals surface area (Å²) in [5, 5.41) is 20.9. The predicted octanol–water partition coefficient (Wildman–Crippen LogP) is -0.628. The number of amides is 1. The van der Waals surface area contributed by atoms with Gasteiger partial charge in [-0.1, -0.05) is 0 Å². The molecule has 7 heteroatoms. The Morgan fingerprint density at radius 1 is 1.05 bits per heavy atom. The second-order valence-corrected chi connectivity index (χ2v) is 5.26. The van der Waals surface area contributed by atoms with E-state index in [1.165, 1.54) is 0 Å². The summed E-state index contributed by atoms with van der Waals surface area (Å²) in [5.74, 6) is -4.10. The average Bonchev–Trinajstić information content (AvgIpc) is 3.12. The monoisotopic (exact) mass is 270 g/mol. The number of aliphatic carboxylic acids is 2. The molecule has 0 radical (unpaired) electrons. The Morgan fingerprint density at radius 3 is 2.21 bits per heavy atom. The molecule has 2 rings (SSSR count). The van der Waals surface area contributed by atoms with Crippen molar-refractivity contribution in [3.63, 3.8) is 0 Å². The van der Waals surface area contributed by atoms with Crippen LogP contribution in [0.1, 0.15) is 19.3 Å². The van der Waals surface area contributed by atoms with Crippen LogP contribution in [0.2, 0.25) is 0 Å². The number of hydrogen-bond acceptors (Lipinski definition) is 4. The zero-order chi connectivity index (χ0) is 14.0. The van der Waals surface area contributed by atoms with Crippen LogP contribution in [0.3, 0.4) is 0 Å². The third-order valence-corrected chi connectivity index (χ3v) is 3.64. The highest BCUT2D eigenvalue weighted by molar-refractivity contribution is 5.81. The molecule has 1 aliphatic carbocycles. The summed E-state index contributed by atoms with van der Waals surface area (Å²) >= 11 is 0. The van der Waals surface area contributed by atoms with Gasteiger partial charge < -0.3 is 15.5 Å². The van der Waals surface area contributed by atoms with Crippen molar-refractivity contribution in [2.45, 2.75) is 25.3 Å². The molecular weight excluding hydrogens is 252 g/mol. The van der Waals surface area contributed by atoms with Crippen LogP contribution in [-0.2, 0) is 14.4 Å². The molecule has 1 saturated heterocycles. The van der Waals surface area contributed by atoms with Crippen LogP contribution < -0.4 is 5.32 Å². The van der Waals surface area contributed by atoms with Gasteiger partial charge in [-0.15, -0.1) is 0 Å². The topological polar surface area (TPSA) is 107 Å². The molecular formula is C12H18N2O5. The van der Waals surface area contributed by atoms with Gasteiger partial charge in [0.25, 0.3) is 0 Å². The zero-order valence-electron chi connectivity index (χ0n) is 10.5. The number of rotatable bonds is 5. The lowest BCUT2D eigenvalue weighted by molar-refractivity contribution is -0.157. The van der Waals surface area contributed by atoms with Gasteiger partial charge in [-0.2, -0.15) is 0 Å². The van der Waals surface area contributed by atoms with E-state index in [9.17, 15) is 14.4 Å². The quantitative estimate of drug-likeness (QED) is 0.614. The molecule has 0 bridgehead atoms. The average molecular weight is 270 g/mol. The van der Waals surface area contributed by atoms with Gasteiger partial charge in [0, 0.05) is 12.6 Å². The standard InChI is InChI=1S/C12H18N2O5/c15-10(13-7-1-2-7)6-14-4-3-8(11(16)17)9(5-14)12(18)19/h7-9H,1-6H2,(H,13,15)(H,16,17)(H,18,19). The van der Waals surface area contributed by atoms with E-state index in [1.807, 2.05) is 0 Å². The van der Waals surface area contributed by atoms with E-state index in [2.05, 4.69) is 5.32 Å². The van der Waals surface area contributed by atoms with Crippen LogP contribution in [0, 0.1) is 11.8 Å². The summed E-state index contributed by atoms with van der Waals surface area (Å²) < 4.78 is 0.